The van der Waals surface area contributed by atoms with Gasteiger partial charge >= 0.3 is 0 Å². The van der Waals surface area contributed by atoms with Crippen LogP contribution in [0.4, 0.5) is 11.4 Å². The van der Waals surface area contributed by atoms with E-state index in [1.54, 1.807) is 0 Å². The van der Waals surface area contributed by atoms with Crippen molar-refractivity contribution in [3.8, 4) is 0 Å². The monoisotopic (exact) mass is 280 g/mol. The average Bonchev–Trinajstić information content (AvgIpc) is 2.43. The Kier molecular flexibility index (Phi) is 4.29. The summed E-state index contributed by atoms with van der Waals surface area (Å²) in [6.45, 7) is 9.02. The number of nitrogens with zero attached hydrogens (tertiary/aromatic N) is 1. The molecule has 1 saturated heterocycles. The molecule has 1 heterocycles. The molecule has 2 rings (SSSR count). The number of anilines is 2. The van der Waals surface area contributed by atoms with Gasteiger partial charge in [-0.2, -0.15) is 0 Å². The van der Waals surface area contributed by atoms with E-state index in [1.807, 2.05) is 12.1 Å². The Morgan fingerprint density at radius 1 is 1.21 bits per heavy atom. The van der Waals surface area contributed by atoms with Crippen LogP contribution in [0.2, 0.25) is 5.02 Å². The fraction of sp³-hybridized carbons (Fsp3) is 0.625. The number of nitrogens with two attached hydrogens (primary N) is 1. The highest BCUT2D eigenvalue weighted by atomic mass is 35.5. The quantitative estimate of drug-likeness (QED) is 0.818. The molecule has 0 unspecified atom stereocenters. The predicted molar refractivity (Wildman–Crippen MR) is 85.1 cm³/mol. The SMILES string of the molecule is CCC1(CC)CCN(c2cc(Cl)c(N)cc2C)CC1. The minimum atomic E-state index is 0.558. The van der Waals surface area contributed by atoms with Gasteiger partial charge in [-0.3, -0.25) is 0 Å². The van der Waals surface area contributed by atoms with Gasteiger partial charge in [-0.05, 0) is 42.9 Å². The standard InChI is InChI=1S/C16H25ClN2/c1-4-16(5-2)6-8-19(9-7-16)15-11-13(17)14(18)10-12(15)3/h10-11H,4-9,18H2,1-3H3. The van der Waals surface area contributed by atoms with Gasteiger partial charge in [0.25, 0.3) is 0 Å². The summed E-state index contributed by atoms with van der Waals surface area (Å²) >= 11 is 6.16. The van der Waals surface area contributed by atoms with Crippen molar-refractivity contribution in [1.82, 2.24) is 0 Å². The molecule has 106 valence electrons. The highest BCUT2D eigenvalue weighted by molar-refractivity contribution is 6.33. The Labute approximate surface area is 121 Å². The molecule has 3 heteroatoms. The van der Waals surface area contributed by atoms with Crippen molar-refractivity contribution >= 4 is 23.0 Å². The first kappa shape index (κ1) is 14.5. The minimum Gasteiger partial charge on any atom is -0.398 e. The molecule has 0 amide bonds. The topological polar surface area (TPSA) is 29.3 Å². The number of benzene rings is 1. The second-order valence-corrected chi connectivity index (χ2v) is 6.26. The van der Waals surface area contributed by atoms with Crippen LogP contribution in [0.3, 0.4) is 0 Å². The van der Waals surface area contributed by atoms with Crippen molar-refractivity contribution in [2.24, 2.45) is 5.41 Å². The van der Waals surface area contributed by atoms with Crippen LogP contribution in [0, 0.1) is 12.3 Å². The summed E-state index contributed by atoms with van der Waals surface area (Å²) in [7, 11) is 0. The summed E-state index contributed by atoms with van der Waals surface area (Å²) < 4.78 is 0. The molecular weight excluding hydrogens is 256 g/mol. The van der Waals surface area contributed by atoms with Crippen molar-refractivity contribution in [1.29, 1.82) is 0 Å². The minimum absolute atomic E-state index is 0.558. The highest BCUT2D eigenvalue weighted by Crippen LogP contribution is 2.40. The third-order valence-electron chi connectivity index (χ3n) is 4.98. The summed E-state index contributed by atoms with van der Waals surface area (Å²) in [5.41, 5.74) is 9.56. The molecule has 0 bridgehead atoms. The first-order valence-corrected chi connectivity index (χ1v) is 7.69. The maximum absolute atomic E-state index is 6.16. The van der Waals surface area contributed by atoms with E-state index >= 15 is 0 Å². The second-order valence-electron chi connectivity index (χ2n) is 5.85. The maximum atomic E-state index is 6.16. The molecule has 1 aromatic carbocycles. The molecule has 1 fully saturated rings. The number of piperidine rings is 1. The van der Waals surface area contributed by atoms with Gasteiger partial charge in [0.1, 0.15) is 0 Å². The Bertz CT molecular complexity index is 442. The van der Waals surface area contributed by atoms with Gasteiger partial charge < -0.3 is 10.6 Å². The zero-order chi connectivity index (χ0) is 14.0. The molecule has 0 aliphatic carbocycles. The van der Waals surface area contributed by atoms with E-state index in [0.717, 1.165) is 13.1 Å². The summed E-state index contributed by atoms with van der Waals surface area (Å²) in [6, 6.07) is 4.01. The van der Waals surface area contributed by atoms with Crippen LogP contribution in [0.5, 0.6) is 0 Å². The van der Waals surface area contributed by atoms with Crippen LogP contribution in [0.25, 0.3) is 0 Å². The molecule has 0 aromatic heterocycles. The van der Waals surface area contributed by atoms with Gasteiger partial charge in [0.2, 0.25) is 0 Å². The molecule has 1 aliphatic heterocycles. The molecule has 0 saturated carbocycles. The number of hydrogen-bond donors (Lipinski definition) is 1. The summed E-state index contributed by atoms with van der Waals surface area (Å²) in [5, 5.41) is 0.670. The lowest BCUT2D eigenvalue weighted by Gasteiger charge is -2.42. The van der Waals surface area contributed by atoms with E-state index < -0.39 is 0 Å². The third-order valence-corrected chi connectivity index (χ3v) is 5.31. The van der Waals surface area contributed by atoms with Crippen LogP contribution in [-0.2, 0) is 0 Å². The Morgan fingerprint density at radius 2 is 1.79 bits per heavy atom. The van der Waals surface area contributed by atoms with E-state index in [9.17, 15) is 0 Å². The number of rotatable bonds is 3. The molecular formula is C16H25ClN2. The molecule has 2 N–H and O–H groups in total. The fourth-order valence-corrected chi connectivity index (χ4v) is 3.37. The van der Waals surface area contributed by atoms with Gasteiger partial charge in [-0.25, -0.2) is 0 Å². The lowest BCUT2D eigenvalue weighted by atomic mass is 9.74. The van der Waals surface area contributed by atoms with Crippen LogP contribution in [-0.4, -0.2) is 13.1 Å². The zero-order valence-electron chi connectivity index (χ0n) is 12.3. The van der Waals surface area contributed by atoms with E-state index in [1.165, 1.54) is 36.9 Å². The van der Waals surface area contributed by atoms with Crippen molar-refractivity contribution in [2.75, 3.05) is 23.7 Å². The summed E-state index contributed by atoms with van der Waals surface area (Å²) in [6.07, 6.45) is 5.14. The van der Waals surface area contributed by atoms with Gasteiger partial charge in [0.05, 0.1) is 10.7 Å². The lowest BCUT2D eigenvalue weighted by molar-refractivity contribution is 0.199. The van der Waals surface area contributed by atoms with Gasteiger partial charge in [0, 0.05) is 18.8 Å². The Hall–Kier alpha value is -0.890. The molecule has 1 aliphatic rings. The summed E-state index contributed by atoms with van der Waals surface area (Å²) in [5.74, 6) is 0. The van der Waals surface area contributed by atoms with E-state index in [4.69, 9.17) is 17.3 Å². The number of nitrogen functional groups attached to an aromatic ring is 1. The molecule has 19 heavy (non-hydrogen) atoms. The highest BCUT2D eigenvalue weighted by Gasteiger charge is 2.31. The van der Waals surface area contributed by atoms with Crippen molar-refractivity contribution in [3.05, 3.63) is 22.7 Å². The number of aryl methyl sites for hydroxylation is 1. The van der Waals surface area contributed by atoms with Crippen LogP contribution in [0.15, 0.2) is 12.1 Å². The molecule has 0 spiro atoms. The Balaban J connectivity index is 2.16. The van der Waals surface area contributed by atoms with Crippen molar-refractivity contribution in [3.63, 3.8) is 0 Å². The lowest BCUT2D eigenvalue weighted by Crippen LogP contribution is -2.39. The van der Waals surface area contributed by atoms with Crippen LogP contribution >= 0.6 is 11.6 Å². The van der Waals surface area contributed by atoms with Gasteiger partial charge in [-0.1, -0.05) is 38.3 Å². The van der Waals surface area contributed by atoms with E-state index in [-0.39, 0.29) is 0 Å². The van der Waals surface area contributed by atoms with E-state index in [2.05, 4.69) is 25.7 Å². The summed E-state index contributed by atoms with van der Waals surface area (Å²) in [4.78, 5) is 2.46. The zero-order valence-corrected chi connectivity index (χ0v) is 13.1. The van der Waals surface area contributed by atoms with Gasteiger partial charge in [-0.15, -0.1) is 0 Å². The average molecular weight is 281 g/mol. The van der Waals surface area contributed by atoms with Crippen molar-refractivity contribution < 1.29 is 0 Å². The Morgan fingerprint density at radius 3 is 2.32 bits per heavy atom. The number of halogens is 1. The first-order valence-electron chi connectivity index (χ1n) is 7.32. The smallest absolute Gasteiger partial charge is 0.0656 e. The van der Waals surface area contributed by atoms with E-state index in [0.29, 0.717) is 16.1 Å². The molecule has 2 nitrogen and oxygen atoms in total. The fourth-order valence-electron chi connectivity index (χ4n) is 3.21. The normalized spacial score (nSPS) is 18.6. The van der Waals surface area contributed by atoms with Crippen LogP contribution < -0.4 is 10.6 Å². The molecule has 1 aromatic rings. The second kappa shape index (κ2) is 5.62. The molecule has 0 radical (unpaired) electrons. The van der Waals surface area contributed by atoms with Gasteiger partial charge in [0.15, 0.2) is 0 Å². The first-order chi connectivity index (χ1) is 9.01. The largest absolute Gasteiger partial charge is 0.398 e. The maximum Gasteiger partial charge on any atom is 0.0656 e. The molecule has 0 atom stereocenters. The van der Waals surface area contributed by atoms with Crippen LogP contribution in [0.1, 0.15) is 45.1 Å². The predicted octanol–water partition coefficient (Wildman–Crippen LogP) is 4.64. The number of hydrogen-bond acceptors (Lipinski definition) is 2. The van der Waals surface area contributed by atoms with Crippen molar-refractivity contribution in [2.45, 2.75) is 46.5 Å². The third kappa shape index (κ3) is 2.84.